The monoisotopic (exact) mass is 288 g/mol. The molecule has 0 radical (unpaired) electrons. The average molecular weight is 289 g/mol. The van der Waals surface area contributed by atoms with Crippen molar-refractivity contribution in [2.45, 2.75) is 13.5 Å². The minimum atomic E-state index is -0.179. The van der Waals surface area contributed by atoms with Gasteiger partial charge >= 0.3 is 6.03 Å². The molecule has 0 fully saturated rings. The molecule has 0 aliphatic heterocycles. The molecular formula is C16H17ClN2O. The standard InChI is InChI=1S/C16H17ClN2O/c1-12-7-3-4-8-13(12)11-19(2)16(20)18-15-10-6-5-9-14(15)17/h3-10H,11H2,1-2H3,(H,18,20). The third-order valence-electron chi connectivity index (χ3n) is 3.13. The number of benzene rings is 2. The number of carbonyl (C=O) groups excluding carboxylic acids is 1. The number of rotatable bonds is 3. The molecule has 3 nitrogen and oxygen atoms in total. The van der Waals surface area contributed by atoms with E-state index >= 15 is 0 Å². The van der Waals surface area contributed by atoms with Crippen molar-refractivity contribution in [2.24, 2.45) is 0 Å². The maximum atomic E-state index is 12.1. The van der Waals surface area contributed by atoms with Crippen LogP contribution in [0.5, 0.6) is 0 Å². The molecule has 0 aliphatic carbocycles. The van der Waals surface area contributed by atoms with E-state index in [-0.39, 0.29) is 6.03 Å². The van der Waals surface area contributed by atoms with Gasteiger partial charge in [0, 0.05) is 13.6 Å². The lowest BCUT2D eigenvalue weighted by Gasteiger charge is -2.19. The van der Waals surface area contributed by atoms with E-state index in [1.807, 2.05) is 43.3 Å². The molecule has 20 heavy (non-hydrogen) atoms. The molecular weight excluding hydrogens is 272 g/mol. The van der Waals surface area contributed by atoms with E-state index in [0.717, 1.165) is 5.56 Å². The molecule has 0 spiro atoms. The molecule has 0 heterocycles. The highest BCUT2D eigenvalue weighted by Crippen LogP contribution is 2.21. The van der Waals surface area contributed by atoms with E-state index in [9.17, 15) is 4.79 Å². The van der Waals surface area contributed by atoms with Crippen LogP contribution in [-0.2, 0) is 6.54 Å². The fourth-order valence-corrected chi connectivity index (χ4v) is 2.07. The fraction of sp³-hybridized carbons (Fsp3) is 0.188. The zero-order valence-electron chi connectivity index (χ0n) is 11.6. The lowest BCUT2D eigenvalue weighted by atomic mass is 10.1. The topological polar surface area (TPSA) is 32.3 Å². The van der Waals surface area contributed by atoms with Crippen LogP contribution in [0, 0.1) is 6.92 Å². The van der Waals surface area contributed by atoms with Crippen molar-refractivity contribution in [1.29, 1.82) is 0 Å². The number of hydrogen-bond donors (Lipinski definition) is 1. The van der Waals surface area contributed by atoms with E-state index < -0.39 is 0 Å². The van der Waals surface area contributed by atoms with Gasteiger partial charge in [-0.2, -0.15) is 0 Å². The van der Waals surface area contributed by atoms with Gasteiger partial charge in [0.05, 0.1) is 10.7 Å². The van der Waals surface area contributed by atoms with Gasteiger partial charge in [-0.15, -0.1) is 0 Å². The first-order chi connectivity index (χ1) is 9.58. The summed E-state index contributed by atoms with van der Waals surface area (Å²) >= 11 is 6.03. The normalized spacial score (nSPS) is 10.2. The molecule has 0 saturated carbocycles. The van der Waals surface area contributed by atoms with Crippen molar-refractivity contribution >= 4 is 23.3 Å². The van der Waals surface area contributed by atoms with Crippen LogP contribution in [-0.4, -0.2) is 18.0 Å². The second kappa shape index (κ2) is 6.44. The second-order valence-electron chi connectivity index (χ2n) is 4.69. The van der Waals surface area contributed by atoms with Crippen molar-refractivity contribution in [1.82, 2.24) is 4.90 Å². The molecule has 0 aliphatic rings. The molecule has 2 aromatic rings. The van der Waals surface area contributed by atoms with E-state index in [2.05, 4.69) is 5.32 Å². The van der Waals surface area contributed by atoms with Gasteiger partial charge in [-0.1, -0.05) is 48.0 Å². The van der Waals surface area contributed by atoms with Crippen LogP contribution in [0.15, 0.2) is 48.5 Å². The number of aryl methyl sites for hydroxylation is 1. The Hall–Kier alpha value is -2.00. The summed E-state index contributed by atoms with van der Waals surface area (Å²) in [5, 5.41) is 3.34. The Kier molecular flexibility index (Phi) is 4.64. The summed E-state index contributed by atoms with van der Waals surface area (Å²) in [5.74, 6) is 0. The molecule has 4 heteroatoms. The Bertz CT molecular complexity index is 613. The predicted octanol–water partition coefficient (Wildman–Crippen LogP) is 4.31. The van der Waals surface area contributed by atoms with Gasteiger partial charge in [0.15, 0.2) is 0 Å². The quantitative estimate of drug-likeness (QED) is 0.896. The second-order valence-corrected chi connectivity index (χ2v) is 5.10. The third kappa shape index (κ3) is 3.52. The molecule has 1 N–H and O–H groups in total. The number of para-hydroxylation sites is 1. The van der Waals surface area contributed by atoms with Gasteiger partial charge in [0.2, 0.25) is 0 Å². The minimum Gasteiger partial charge on any atom is -0.323 e. The Labute approximate surface area is 124 Å². The van der Waals surface area contributed by atoms with Crippen molar-refractivity contribution in [3.63, 3.8) is 0 Å². The van der Waals surface area contributed by atoms with Crippen LogP contribution in [0.25, 0.3) is 0 Å². The van der Waals surface area contributed by atoms with Gasteiger partial charge in [-0.25, -0.2) is 4.79 Å². The highest BCUT2D eigenvalue weighted by molar-refractivity contribution is 6.33. The third-order valence-corrected chi connectivity index (χ3v) is 3.46. The molecule has 0 bridgehead atoms. The molecule has 104 valence electrons. The van der Waals surface area contributed by atoms with E-state index in [0.29, 0.717) is 17.3 Å². The number of halogens is 1. The van der Waals surface area contributed by atoms with E-state index in [4.69, 9.17) is 11.6 Å². The first-order valence-electron chi connectivity index (χ1n) is 6.39. The number of amides is 2. The molecule has 0 unspecified atom stereocenters. The van der Waals surface area contributed by atoms with Crippen LogP contribution in [0.4, 0.5) is 10.5 Å². The van der Waals surface area contributed by atoms with Crippen molar-refractivity contribution in [3.8, 4) is 0 Å². The van der Waals surface area contributed by atoms with Crippen molar-refractivity contribution in [3.05, 3.63) is 64.7 Å². The maximum Gasteiger partial charge on any atom is 0.321 e. The molecule has 2 amide bonds. The number of carbonyl (C=O) groups is 1. The van der Waals surface area contributed by atoms with Gasteiger partial charge in [0.1, 0.15) is 0 Å². The molecule has 0 aromatic heterocycles. The van der Waals surface area contributed by atoms with Gasteiger partial charge < -0.3 is 10.2 Å². The zero-order chi connectivity index (χ0) is 14.5. The van der Waals surface area contributed by atoms with Gasteiger partial charge in [0.25, 0.3) is 0 Å². The summed E-state index contributed by atoms with van der Waals surface area (Å²) < 4.78 is 0. The summed E-state index contributed by atoms with van der Waals surface area (Å²) in [7, 11) is 1.76. The van der Waals surface area contributed by atoms with Crippen LogP contribution in [0.1, 0.15) is 11.1 Å². The first-order valence-corrected chi connectivity index (χ1v) is 6.77. The Morgan fingerprint density at radius 1 is 1.15 bits per heavy atom. The molecule has 0 saturated heterocycles. The lowest BCUT2D eigenvalue weighted by Crippen LogP contribution is -2.31. The number of anilines is 1. The smallest absolute Gasteiger partial charge is 0.321 e. The lowest BCUT2D eigenvalue weighted by molar-refractivity contribution is 0.220. The van der Waals surface area contributed by atoms with Crippen LogP contribution < -0.4 is 5.32 Å². The largest absolute Gasteiger partial charge is 0.323 e. The van der Waals surface area contributed by atoms with Gasteiger partial charge in [-0.05, 0) is 30.2 Å². The first kappa shape index (κ1) is 14.4. The zero-order valence-corrected chi connectivity index (χ0v) is 12.3. The number of nitrogens with zero attached hydrogens (tertiary/aromatic N) is 1. The molecule has 2 aromatic carbocycles. The van der Waals surface area contributed by atoms with Crippen molar-refractivity contribution in [2.75, 3.05) is 12.4 Å². The highest BCUT2D eigenvalue weighted by Gasteiger charge is 2.11. The Balaban J connectivity index is 2.03. The Morgan fingerprint density at radius 3 is 2.50 bits per heavy atom. The summed E-state index contributed by atoms with van der Waals surface area (Å²) in [5.41, 5.74) is 2.92. The van der Waals surface area contributed by atoms with E-state index in [1.54, 1.807) is 24.1 Å². The number of hydrogen-bond acceptors (Lipinski definition) is 1. The summed E-state index contributed by atoms with van der Waals surface area (Å²) in [6, 6.07) is 15.0. The number of nitrogens with one attached hydrogen (secondary N) is 1. The molecule has 2 rings (SSSR count). The number of urea groups is 1. The minimum absolute atomic E-state index is 0.179. The fourth-order valence-electron chi connectivity index (χ4n) is 1.89. The Morgan fingerprint density at radius 2 is 1.80 bits per heavy atom. The van der Waals surface area contributed by atoms with E-state index in [1.165, 1.54) is 5.56 Å². The summed E-state index contributed by atoms with van der Waals surface area (Å²) in [6.45, 7) is 2.60. The summed E-state index contributed by atoms with van der Waals surface area (Å²) in [6.07, 6.45) is 0. The van der Waals surface area contributed by atoms with Crippen molar-refractivity contribution < 1.29 is 4.79 Å². The van der Waals surface area contributed by atoms with Crippen LogP contribution in [0.2, 0.25) is 5.02 Å². The summed E-state index contributed by atoms with van der Waals surface area (Å²) in [4.78, 5) is 13.8. The average Bonchev–Trinajstić information content (AvgIpc) is 2.43. The van der Waals surface area contributed by atoms with Gasteiger partial charge in [-0.3, -0.25) is 0 Å². The highest BCUT2D eigenvalue weighted by atomic mass is 35.5. The maximum absolute atomic E-state index is 12.1. The molecule has 0 atom stereocenters. The SMILES string of the molecule is Cc1ccccc1CN(C)C(=O)Nc1ccccc1Cl. The predicted molar refractivity (Wildman–Crippen MR) is 83.1 cm³/mol. The van der Waals surface area contributed by atoms with Crippen LogP contribution >= 0.6 is 11.6 Å². The van der Waals surface area contributed by atoms with Crippen LogP contribution in [0.3, 0.4) is 0 Å².